The van der Waals surface area contributed by atoms with Crippen molar-refractivity contribution in [3.8, 4) is 11.3 Å². The van der Waals surface area contributed by atoms with E-state index < -0.39 is 0 Å². The smallest absolute Gasteiger partial charge is 0.225 e. The Morgan fingerprint density at radius 1 is 0.815 bits per heavy atom. The standard InChI is InChI=1S/C21H19N5O/c1-2-7-16(8-3-1)19-13-20(23-15-18-10-6-12-27-18)26-21(25-19)24-14-17-9-4-5-11-22-17/h1-13H,14-15H2,(H2,23,24,25,26). The minimum absolute atomic E-state index is 0.545. The molecule has 3 aromatic heterocycles. The quantitative estimate of drug-likeness (QED) is 0.512. The van der Waals surface area contributed by atoms with Crippen LogP contribution in [-0.2, 0) is 13.1 Å². The molecule has 0 spiro atoms. The number of benzene rings is 1. The summed E-state index contributed by atoms with van der Waals surface area (Å²) in [6, 6.07) is 21.6. The van der Waals surface area contributed by atoms with E-state index in [4.69, 9.17) is 4.42 Å². The zero-order valence-corrected chi connectivity index (χ0v) is 14.7. The van der Waals surface area contributed by atoms with E-state index in [9.17, 15) is 0 Å². The number of anilines is 2. The summed E-state index contributed by atoms with van der Waals surface area (Å²) in [5.74, 6) is 2.12. The van der Waals surface area contributed by atoms with E-state index in [2.05, 4.69) is 25.6 Å². The SMILES string of the molecule is c1ccc(-c2cc(NCc3ccco3)nc(NCc3ccccn3)n2)cc1. The first-order valence-corrected chi connectivity index (χ1v) is 8.71. The zero-order valence-electron chi connectivity index (χ0n) is 14.7. The minimum atomic E-state index is 0.545. The number of aromatic nitrogens is 3. The van der Waals surface area contributed by atoms with Crippen LogP contribution in [0.1, 0.15) is 11.5 Å². The van der Waals surface area contributed by atoms with Crippen LogP contribution in [0.2, 0.25) is 0 Å². The predicted molar refractivity (Wildman–Crippen MR) is 105 cm³/mol. The van der Waals surface area contributed by atoms with Gasteiger partial charge in [0.2, 0.25) is 5.95 Å². The number of hydrogen-bond donors (Lipinski definition) is 2. The largest absolute Gasteiger partial charge is 0.467 e. The molecule has 1 aromatic carbocycles. The number of hydrogen-bond acceptors (Lipinski definition) is 6. The molecule has 6 nitrogen and oxygen atoms in total. The average Bonchev–Trinajstić information content (AvgIpc) is 3.26. The summed E-state index contributed by atoms with van der Waals surface area (Å²) in [5.41, 5.74) is 2.80. The van der Waals surface area contributed by atoms with E-state index >= 15 is 0 Å². The van der Waals surface area contributed by atoms with E-state index in [0.717, 1.165) is 28.5 Å². The Kier molecular flexibility index (Phi) is 5.06. The van der Waals surface area contributed by atoms with Crippen LogP contribution in [0.3, 0.4) is 0 Å². The third-order valence-corrected chi connectivity index (χ3v) is 3.97. The highest BCUT2D eigenvalue weighted by molar-refractivity contribution is 5.64. The Labute approximate surface area is 157 Å². The van der Waals surface area contributed by atoms with Gasteiger partial charge in [0.05, 0.1) is 30.7 Å². The Bertz CT molecular complexity index is 972. The number of nitrogens with one attached hydrogen (secondary N) is 2. The van der Waals surface area contributed by atoms with Crippen LogP contribution in [0.15, 0.2) is 83.6 Å². The molecule has 27 heavy (non-hydrogen) atoms. The fourth-order valence-corrected chi connectivity index (χ4v) is 2.64. The number of nitrogens with zero attached hydrogens (tertiary/aromatic N) is 3. The molecule has 0 atom stereocenters. The highest BCUT2D eigenvalue weighted by Gasteiger charge is 2.08. The molecule has 0 aliphatic carbocycles. The van der Waals surface area contributed by atoms with Gasteiger partial charge in [0, 0.05) is 17.8 Å². The lowest BCUT2D eigenvalue weighted by molar-refractivity contribution is 0.518. The fraction of sp³-hybridized carbons (Fsp3) is 0.0952. The first-order valence-electron chi connectivity index (χ1n) is 8.71. The third kappa shape index (κ3) is 4.49. The third-order valence-electron chi connectivity index (χ3n) is 3.97. The monoisotopic (exact) mass is 357 g/mol. The van der Waals surface area contributed by atoms with Gasteiger partial charge < -0.3 is 15.1 Å². The van der Waals surface area contributed by atoms with Crippen molar-refractivity contribution in [2.45, 2.75) is 13.1 Å². The first-order chi connectivity index (χ1) is 13.4. The lowest BCUT2D eigenvalue weighted by Crippen LogP contribution is -2.08. The van der Waals surface area contributed by atoms with Crippen LogP contribution in [0, 0.1) is 0 Å². The predicted octanol–water partition coefficient (Wildman–Crippen LogP) is 4.36. The number of rotatable bonds is 7. The molecule has 0 amide bonds. The van der Waals surface area contributed by atoms with E-state index in [1.807, 2.05) is 66.7 Å². The van der Waals surface area contributed by atoms with Crippen molar-refractivity contribution in [2.24, 2.45) is 0 Å². The fourth-order valence-electron chi connectivity index (χ4n) is 2.64. The molecular weight excluding hydrogens is 338 g/mol. The van der Waals surface area contributed by atoms with Gasteiger partial charge in [-0.15, -0.1) is 0 Å². The van der Waals surface area contributed by atoms with Crippen molar-refractivity contribution in [3.63, 3.8) is 0 Å². The number of furan rings is 1. The van der Waals surface area contributed by atoms with Crippen LogP contribution in [0.25, 0.3) is 11.3 Å². The molecule has 0 bridgehead atoms. The molecule has 0 fully saturated rings. The van der Waals surface area contributed by atoms with Gasteiger partial charge in [0.1, 0.15) is 11.6 Å². The van der Waals surface area contributed by atoms with E-state index in [0.29, 0.717) is 19.0 Å². The van der Waals surface area contributed by atoms with Crippen LogP contribution in [0.5, 0.6) is 0 Å². The van der Waals surface area contributed by atoms with Crippen molar-refractivity contribution in [1.29, 1.82) is 0 Å². The number of pyridine rings is 1. The normalized spacial score (nSPS) is 10.5. The van der Waals surface area contributed by atoms with E-state index in [1.54, 1.807) is 12.5 Å². The van der Waals surface area contributed by atoms with Crippen molar-refractivity contribution in [1.82, 2.24) is 15.0 Å². The Hall–Kier alpha value is -3.67. The van der Waals surface area contributed by atoms with Crippen molar-refractivity contribution in [2.75, 3.05) is 10.6 Å². The maximum absolute atomic E-state index is 5.38. The molecule has 4 aromatic rings. The molecule has 0 radical (unpaired) electrons. The second-order valence-electron chi connectivity index (χ2n) is 5.94. The van der Waals surface area contributed by atoms with Gasteiger partial charge in [0.15, 0.2) is 0 Å². The van der Waals surface area contributed by atoms with Crippen LogP contribution >= 0.6 is 0 Å². The summed E-state index contributed by atoms with van der Waals surface area (Å²) in [4.78, 5) is 13.5. The second kappa shape index (κ2) is 8.14. The van der Waals surface area contributed by atoms with Crippen LogP contribution in [0.4, 0.5) is 11.8 Å². The van der Waals surface area contributed by atoms with Gasteiger partial charge in [-0.25, -0.2) is 4.98 Å². The lowest BCUT2D eigenvalue weighted by atomic mass is 10.1. The summed E-state index contributed by atoms with van der Waals surface area (Å²) in [6.07, 6.45) is 3.43. The molecule has 3 heterocycles. The summed E-state index contributed by atoms with van der Waals surface area (Å²) >= 11 is 0. The van der Waals surface area contributed by atoms with Crippen molar-refractivity contribution < 1.29 is 4.42 Å². The van der Waals surface area contributed by atoms with Crippen LogP contribution < -0.4 is 10.6 Å². The second-order valence-corrected chi connectivity index (χ2v) is 5.94. The Morgan fingerprint density at radius 2 is 1.70 bits per heavy atom. The van der Waals surface area contributed by atoms with Gasteiger partial charge >= 0.3 is 0 Å². The van der Waals surface area contributed by atoms with Gasteiger partial charge in [-0.2, -0.15) is 4.98 Å². The van der Waals surface area contributed by atoms with Gasteiger partial charge in [-0.1, -0.05) is 36.4 Å². The average molecular weight is 357 g/mol. The van der Waals surface area contributed by atoms with Gasteiger partial charge in [-0.3, -0.25) is 4.98 Å². The summed E-state index contributed by atoms with van der Waals surface area (Å²) in [7, 11) is 0. The van der Waals surface area contributed by atoms with E-state index in [1.165, 1.54) is 0 Å². The van der Waals surface area contributed by atoms with Crippen molar-refractivity contribution in [3.05, 3.63) is 90.6 Å². The lowest BCUT2D eigenvalue weighted by Gasteiger charge is -2.11. The summed E-state index contributed by atoms with van der Waals surface area (Å²) in [5, 5.41) is 6.55. The molecule has 0 saturated carbocycles. The van der Waals surface area contributed by atoms with Crippen molar-refractivity contribution >= 4 is 11.8 Å². The van der Waals surface area contributed by atoms with E-state index in [-0.39, 0.29) is 0 Å². The molecule has 4 rings (SSSR count). The minimum Gasteiger partial charge on any atom is -0.467 e. The first kappa shape index (κ1) is 16.8. The molecule has 0 aliphatic rings. The molecule has 0 unspecified atom stereocenters. The Morgan fingerprint density at radius 3 is 2.48 bits per heavy atom. The molecule has 6 heteroatoms. The Balaban J connectivity index is 1.57. The zero-order chi connectivity index (χ0) is 18.3. The van der Waals surface area contributed by atoms with Crippen LogP contribution in [-0.4, -0.2) is 15.0 Å². The topological polar surface area (TPSA) is 75.9 Å². The summed E-state index contributed by atoms with van der Waals surface area (Å²) in [6.45, 7) is 1.11. The van der Waals surface area contributed by atoms with Gasteiger partial charge in [0.25, 0.3) is 0 Å². The molecule has 134 valence electrons. The maximum atomic E-state index is 5.38. The highest BCUT2D eigenvalue weighted by atomic mass is 16.3. The molecular formula is C21H19N5O. The molecule has 0 saturated heterocycles. The maximum Gasteiger partial charge on any atom is 0.225 e. The molecule has 0 aliphatic heterocycles. The van der Waals surface area contributed by atoms with Gasteiger partial charge in [-0.05, 0) is 24.3 Å². The summed E-state index contributed by atoms with van der Waals surface area (Å²) < 4.78 is 5.38. The highest BCUT2D eigenvalue weighted by Crippen LogP contribution is 2.22. The molecule has 2 N–H and O–H groups in total.